The maximum Gasteiger partial charge on any atom is 0.230 e. The van der Waals surface area contributed by atoms with E-state index in [1.54, 1.807) is 18.2 Å². The van der Waals surface area contributed by atoms with Crippen molar-refractivity contribution in [3.63, 3.8) is 0 Å². The van der Waals surface area contributed by atoms with E-state index in [0.29, 0.717) is 11.0 Å². The van der Waals surface area contributed by atoms with Crippen molar-refractivity contribution in [2.24, 2.45) is 0 Å². The van der Waals surface area contributed by atoms with Crippen molar-refractivity contribution in [2.75, 3.05) is 18.8 Å². The number of hydrogen-bond donors (Lipinski definition) is 2. The van der Waals surface area contributed by atoms with Crippen LogP contribution in [0.1, 0.15) is 29.8 Å². The van der Waals surface area contributed by atoms with E-state index in [1.165, 1.54) is 29.5 Å². The molecule has 0 atom stereocenters. The van der Waals surface area contributed by atoms with Crippen LogP contribution >= 0.6 is 11.8 Å². The highest BCUT2D eigenvalue weighted by atomic mass is 32.2. The van der Waals surface area contributed by atoms with Gasteiger partial charge in [-0.15, -0.1) is 5.10 Å². The number of nitrogens with one attached hydrogen (secondary N) is 2. The van der Waals surface area contributed by atoms with Gasteiger partial charge in [-0.25, -0.2) is 9.37 Å². The fourth-order valence-electron chi connectivity index (χ4n) is 3.62. The lowest BCUT2D eigenvalue weighted by atomic mass is 10.0. The molecule has 1 aliphatic heterocycles. The van der Waals surface area contributed by atoms with Crippen LogP contribution in [0.25, 0.3) is 12.2 Å². The number of likely N-dealkylation sites (tertiary alicyclic amines) is 1. The van der Waals surface area contributed by atoms with Gasteiger partial charge in [0.1, 0.15) is 11.6 Å². The molecule has 1 saturated heterocycles. The summed E-state index contributed by atoms with van der Waals surface area (Å²) in [6.07, 6.45) is 5.52. The Morgan fingerprint density at radius 3 is 2.62 bits per heavy atom. The fourth-order valence-corrected chi connectivity index (χ4v) is 4.24. The highest BCUT2D eigenvalue weighted by Crippen LogP contribution is 2.16. The number of carbonyl (C=O) groups excluding carboxylic acids is 1. The minimum Gasteiger partial charge on any atom is -0.353 e. The average molecular weight is 452 g/mol. The molecule has 6 nitrogen and oxygen atoms in total. The zero-order valence-electron chi connectivity index (χ0n) is 17.7. The minimum absolute atomic E-state index is 0.00436. The molecule has 1 aromatic heterocycles. The Morgan fingerprint density at radius 1 is 1.12 bits per heavy atom. The van der Waals surface area contributed by atoms with E-state index in [9.17, 15) is 9.18 Å². The normalized spacial score (nSPS) is 15.3. The number of aromatic nitrogens is 3. The molecule has 0 spiro atoms. The summed E-state index contributed by atoms with van der Waals surface area (Å²) in [5, 5.41) is 10.6. The molecule has 8 heteroatoms. The molecule has 0 unspecified atom stereocenters. The lowest BCUT2D eigenvalue weighted by molar-refractivity contribution is -0.119. The third-order valence-corrected chi connectivity index (χ3v) is 6.17. The second kappa shape index (κ2) is 11.1. The van der Waals surface area contributed by atoms with Crippen LogP contribution in [0.5, 0.6) is 0 Å². The van der Waals surface area contributed by atoms with Crippen molar-refractivity contribution in [1.29, 1.82) is 0 Å². The minimum atomic E-state index is -0.267. The molecule has 2 heterocycles. The Kier molecular flexibility index (Phi) is 7.68. The highest BCUT2D eigenvalue weighted by molar-refractivity contribution is 7.99. The zero-order valence-corrected chi connectivity index (χ0v) is 18.5. The number of hydrogen-bond acceptors (Lipinski definition) is 5. The second-order valence-corrected chi connectivity index (χ2v) is 8.72. The van der Waals surface area contributed by atoms with Gasteiger partial charge in [0, 0.05) is 25.7 Å². The molecule has 1 aliphatic rings. The van der Waals surface area contributed by atoms with E-state index < -0.39 is 0 Å². The molecule has 166 valence electrons. The molecule has 0 radical (unpaired) electrons. The lowest BCUT2D eigenvalue weighted by Crippen LogP contribution is -2.44. The summed E-state index contributed by atoms with van der Waals surface area (Å²) in [6.45, 7) is 2.93. The maximum absolute atomic E-state index is 13.0. The Balaban J connectivity index is 1.17. The third-order valence-electron chi connectivity index (χ3n) is 5.32. The summed E-state index contributed by atoms with van der Waals surface area (Å²) in [4.78, 5) is 19.1. The predicted octanol–water partition coefficient (Wildman–Crippen LogP) is 3.99. The van der Waals surface area contributed by atoms with Crippen LogP contribution in [0, 0.1) is 5.82 Å². The van der Waals surface area contributed by atoms with E-state index in [1.807, 2.05) is 12.1 Å². The molecule has 2 aromatic carbocycles. The number of nitrogens with zero attached hydrogens (tertiary/aromatic N) is 3. The summed E-state index contributed by atoms with van der Waals surface area (Å²) in [5.74, 6) is 0.604. The summed E-state index contributed by atoms with van der Waals surface area (Å²) >= 11 is 1.30. The second-order valence-electron chi connectivity index (χ2n) is 7.78. The molecule has 1 amide bonds. The first-order valence-electron chi connectivity index (χ1n) is 10.7. The van der Waals surface area contributed by atoms with Crippen LogP contribution in [-0.2, 0) is 11.3 Å². The van der Waals surface area contributed by atoms with Gasteiger partial charge in [-0.05, 0) is 42.2 Å². The van der Waals surface area contributed by atoms with Gasteiger partial charge in [-0.3, -0.25) is 14.8 Å². The van der Waals surface area contributed by atoms with Gasteiger partial charge in [-0.2, -0.15) is 0 Å². The first-order valence-corrected chi connectivity index (χ1v) is 11.7. The number of piperidine rings is 1. The van der Waals surface area contributed by atoms with Gasteiger partial charge in [-0.1, -0.05) is 60.3 Å². The number of amides is 1. The van der Waals surface area contributed by atoms with Crippen LogP contribution in [0.2, 0.25) is 0 Å². The summed E-state index contributed by atoms with van der Waals surface area (Å²) in [5.41, 5.74) is 2.19. The number of rotatable bonds is 8. The first kappa shape index (κ1) is 22.2. The molecule has 0 aliphatic carbocycles. The van der Waals surface area contributed by atoms with Crippen molar-refractivity contribution >= 4 is 29.8 Å². The molecule has 4 rings (SSSR count). The SMILES string of the molecule is O=C(CSc1n[nH]c(/C=C/c2ccc(F)cc2)n1)NC1CCN(Cc2ccccc2)CC1. The topological polar surface area (TPSA) is 73.9 Å². The van der Waals surface area contributed by atoms with Gasteiger partial charge >= 0.3 is 0 Å². The largest absolute Gasteiger partial charge is 0.353 e. The van der Waals surface area contributed by atoms with Crippen LogP contribution < -0.4 is 5.32 Å². The van der Waals surface area contributed by atoms with Gasteiger partial charge in [0.15, 0.2) is 0 Å². The molecule has 2 N–H and O–H groups in total. The fraction of sp³-hybridized carbons (Fsp3) is 0.292. The van der Waals surface area contributed by atoms with Gasteiger partial charge in [0.2, 0.25) is 11.1 Å². The lowest BCUT2D eigenvalue weighted by Gasteiger charge is -2.32. The molecule has 32 heavy (non-hydrogen) atoms. The number of halogens is 1. The van der Waals surface area contributed by atoms with E-state index in [4.69, 9.17) is 0 Å². The Morgan fingerprint density at radius 2 is 1.88 bits per heavy atom. The van der Waals surface area contributed by atoms with Crippen LogP contribution in [-0.4, -0.2) is 50.9 Å². The number of aromatic amines is 1. The first-order chi connectivity index (χ1) is 15.6. The van der Waals surface area contributed by atoms with Crippen molar-refractivity contribution < 1.29 is 9.18 Å². The average Bonchev–Trinajstić information content (AvgIpc) is 3.27. The Hall–Kier alpha value is -2.97. The van der Waals surface area contributed by atoms with Crippen molar-refractivity contribution in [3.05, 3.63) is 77.4 Å². The van der Waals surface area contributed by atoms with Gasteiger partial charge in [0.25, 0.3) is 0 Å². The summed E-state index contributed by atoms with van der Waals surface area (Å²) < 4.78 is 13.0. The molecular formula is C24H26FN5OS. The van der Waals surface area contributed by atoms with E-state index in [2.05, 4.69) is 49.7 Å². The van der Waals surface area contributed by atoms with Gasteiger partial charge in [0.05, 0.1) is 5.75 Å². The predicted molar refractivity (Wildman–Crippen MR) is 125 cm³/mol. The van der Waals surface area contributed by atoms with Crippen molar-refractivity contribution in [2.45, 2.75) is 30.6 Å². The monoisotopic (exact) mass is 451 g/mol. The third kappa shape index (κ3) is 6.77. The van der Waals surface area contributed by atoms with Crippen LogP contribution in [0.4, 0.5) is 4.39 Å². The number of benzene rings is 2. The number of carbonyl (C=O) groups is 1. The standard InChI is InChI=1S/C24H26FN5OS/c25-20-9-6-18(7-10-20)8-11-22-27-24(29-28-22)32-17-23(31)26-21-12-14-30(15-13-21)16-19-4-2-1-3-5-19/h1-11,21H,12-17H2,(H,26,31)(H,27,28,29)/b11-8+. The van der Waals surface area contributed by atoms with E-state index in [-0.39, 0.29) is 23.5 Å². The molecular weight excluding hydrogens is 425 g/mol. The molecule has 1 fully saturated rings. The van der Waals surface area contributed by atoms with Gasteiger partial charge < -0.3 is 5.32 Å². The number of H-pyrrole nitrogens is 1. The van der Waals surface area contributed by atoms with Crippen molar-refractivity contribution in [3.8, 4) is 0 Å². The Labute approximate surface area is 191 Å². The van der Waals surface area contributed by atoms with Crippen LogP contribution in [0.3, 0.4) is 0 Å². The molecule has 0 bridgehead atoms. The molecule has 0 saturated carbocycles. The quantitative estimate of drug-likeness (QED) is 0.507. The summed E-state index contributed by atoms with van der Waals surface area (Å²) in [6, 6.07) is 16.9. The van der Waals surface area contributed by atoms with E-state index >= 15 is 0 Å². The van der Waals surface area contributed by atoms with E-state index in [0.717, 1.165) is 38.0 Å². The van der Waals surface area contributed by atoms with Crippen LogP contribution in [0.15, 0.2) is 59.8 Å². The van der Waals surface area contributed by atoms with Crippen molar-refractivity contribution in [1.82, 2.24) is 25.4 Å². The number of thioether (sulfide) groups is 1. The smallest absolute Gasteiger partial charge is 0.230 e. The Bertz CT molecular complexity index is 1030. The highest BCUT2D eigenvalue weighted by Gasteiger charge is 2.21. The summed E-state index contributed by atoms with van der Waals surface area (Å²) in [7, 11) is 0. The maximum atomic E-state index is 13.0. The zero-order chi connectivity index (χ0) is 22.2. The molecule has 3 aromatic rings.